The number of hydrogen-bond acceptors (Lipinski definition) is 5. The van der Waals surface area contributed by atoms with E-state index in [2.05, 4.69) is 0 Å². The summed E-state index contributed by atoms with van der Waals surface area (Å²) in [5.74, 6) is 0.773. The van der Waals surface area contributed by atoms with Gasteiger partial charge in [0.05, 0.1) is 10.8 Å². The maximum atomic E-state index is 12.5. The number of rotatable bonds is 5. The highest BCUT2D eigenvalue weighted by Gasteiger charge is 2.35. The smallest absolute Gasteiger partial charge is 0.269 e. The zero-order valence-corrected chi connectivity index (χ0v) is 15.2. The van der Waals surface area contributed by atoms with E-state index >= 15 is 0 Å². The van der Waals surface area contributed by atoms with Gasteiger partial charge in [0.25, 0.3) is 5.69 Å². The van der Waals surface area contributed by atoms with E-state index in [1.807, 2.05) is 13.8 Å². The van der Waals surface area contributed by atoms with E-state index in [4.69, 9.17) is 0 Å². The van der Waals surface area contributed by atoms with Gasteiger partial charge in [-0.15, -0.1) is 11.8 Å². The van der Waals surface area contributed by atoms with Crippen molar-refractivity contribution in [2.75, 3.05) is 18.7 Å². The SMILES string of the molecule is CC(C)N(C)C(=O)C1CSCN1C(=O)C=Cc1ccc([N+](=O)[O-])cc1. The molecule has 134 valence electrons. The van der Waals surface area contributed by atoms with Crippen molar-refractivity contribution in [3.63, 3.8) is 0 Å². The van der Waals surface area contributed by atoms with Gasteiger partial charge in [-0.3, -0.25) is 19.7 Å². The number of nitrogens with zero attached hydrogens (tertiary/aromatic N) is 3. The van der Waals surface area contributed by atoms with Gasteiger partial charge in [-0.2, -0.15) is 0 Å². The molecule has 2 amide bonds. The molecule has 0 saturated carbocycles. The Bertz CT molecular complexity index is 688. The van der Waals surface area contributed by atoms with Crippen LogP contribution >= 0.6 is 11.8 Å². The number of amides is 2. The van der Waals surface area contributed by atoms with Gasteiger partial charge in [0.1, 0.15) is 6.04 Å². The van der Waals surface area contributed by atoms with E-state index in [1.165, 1.54) is 18.2 Å². The van der Waals surface area contributed by atoms with Gasteiger partial charge in [-0.25, -0.2) is 0 Å². The van der Waals surface area contributed by atoms with Crippen LogP contribution in [0.1, 0.15) is 19.4 Å². The first-order valence-corrected chi connectivity index (χ1v) is 9.04. The van der Waals surface area contributed by atoms with E-state index in [-0.39, 0.29) is 23.5 Å². The number of carbonyl (C=O) groups is 2. The number of benzene rings is 1. The third-order valence-electron chi connectivity index (χ3n) is 4.09. The molecular formula is C17H21N3O4S. The maximum Gasteiger partial charge on any atom is 0.269 e. The highest BCUT2D eigenvalue weighted by molar-refractivity contribution is 7.99. The molecule has 7 nitrogen and oxygen atoms in total. The average Bonchev–Trinajstić information content (AvgIpc) is 3.08. The fourth-order valence-electron chi connectivity index (χ4n) is 2.32. The first-order chi connectivity index (χ1) is 11.8. The van der Waals surface area contributed by atoms with Gasteiger partial charge >= 0.3 is 0 Å². The number of nitro groups is 1. The summed E-state index contributed by atoms with van der Waals surface area (Å²) in [6.07, 6.45) is 3.01. The molecule has 1 unspecified atom stereocenters. The monoisotopic (exact) mass is 363 g/mol. The van der Waals surface area contributed by atoms with Gasteiger partial charge in [0.15, 0.2) is 0 Å². The van der Waals surface area contributed by atoms with E-state index in [9.17, 15) is 19.7 Å². The lowest BCUT2D eigenvalue weighted by atomic mass is 10.2. The lowest BCUT2D eigenvalue weighted by molar-refractivity contribution is -0.384. The molecule has 1 heterocycles. The fraction of sp³-hybridized carbons (Fsp3) is 0.412. The quantitative estimate of drug-likeness (QED) is 0.456. The minimum absolute atomic E-state index is 0.00167. The Hall–Kier alpha value is -2.35. The Morgan fingerprint density at radius 2 is 2.00 bits per heavy atom. The van der Waals surface area contributed by atoms with Crippen LogP contribution in [0.2, 0.25) is 0 Å². The Morgan fingerprint density at radius 3 is 2.56 bits per heavy atom. The molecule has 1 aromatic carbocycles. The molecule has 0 aromatic heterocycles. The molecule has 1 fully saturated rings. The second kappa shape index (κ2) is 8.15. The molecule has 8 heteroatoms. The molecule has 0 spiro atoms. The second-order valence-electron chi connectivity index (χ2n) is 6.05. The summed E-state index contributed by atoms with van der Waals surface area (Å²) in [6.45, 7) is 3.86. The molecule has 0 radical (unpaired) electrons. The molecule has 2 rings (SSSR count). The molecule has 1 aliphatic rings. The minimum atomic E-state index is -0.471. The van der Waals surface area contributed by atoms with Crippen molar-refractivity contribution >= 4 is 35.3 Å². The molecule has 25 heavy (non-hydrogen) atoms. The summed E-state index contributed by atoms with van der Waals surface area (Å²) in [6, 6.07) is 5.56. The van der Waals surface area contributed by atoms with Crippen LogP contribution in [0, 0.1) is 10.1 Å². The van der Waals surface area contributed by atoms with E-state index < -0.39 is 11.0 Å². The fourth-order valence-corrected chi connectivity index (χ4v) is 3.48. The van der Waals surface area contributed by atoms with Crippen molar-refractivity contribution in [1.82, 2.24) is 9.80 Å². The summed E-state index contributed by atoms with van der Waals surface area (Å²) in [5.41, 5.74) is 0.690. The normalized spacial score (nSPS) is 17.3. The zero-order valence-electron chi connectivity index (χ0n) is 14.4. The summed E-state index contributed by atoms with van der Waals surface area (Å²) in [7, 11) is 1.74. The molecular weight excluding hydrogens is 342 g/mol. The zero-order chi connectivity index (χ0) is 18.6. The lowest BCUT2D eigenvalue weighted by Crippen LogP contribution is -2.49. The van der Waals surface area contributed by atoms with Crippen LogP contribution in [0.3, 0.4) is 0 Å². The number of non-ortho nitro benzene ring substituents is 1. The van der Waals surface area contributed by atoms with Crippen LogP contribution in [-0.4, -0.2) is 57.3 Å². The lowest BCUT2D eigenvalue weighted by Gasteiger charge is -2.29. The summed E-state index contributed by atoms with van der Waals surface area (Å²) < 4.78 is 0. The van der Waals surface area contributed by atoms with E-state index in [0.29, 0.717) is 17.2 Å². The predicted molar refractivity (Wildman–Crippen MR) is 98.0 cm³/mol. The third kappa shape index (κ3) is 4.60. The van der Waals surface area contributed by atoms with E-state index in [1.54, 1.807) is 46.8 Å². The number of nitro benzene ring substituents is 1. The summed E-state index contributed by atoms with van der Waals surface area (Å²) >= 11 is 1.55. The second-order valence-corrected chi connectivity index (χ2v) is 7.05. The van der Waals surface area contributed by atoms with Crippen molar-refractivity contribution in [3.8, 4) is 0 Å². The van der Waals surface area contributed by atoms with Gasteiger partial charge in [-0.1, -0.05) is 0 Å². The van der Waals surface area contributed by atoms with Crippen LogP contribution in [0.25, 0.3) is 6.08 Å². The molecule has 0 bridgehead atoms. The van der Waals surface area contributed by atoms with Gasteiger partial charge in [0.2, 0.25) is 11.8 Å². The number of hydrogen-bond donors (Lipinski definition) is 0. The Kier molecular flexibility index (Phi) is 6.19. The topological polar surface area (TPSA) is 83.8 Å². The number of likely N-dealkylation sites (N-methyl/N-ethyl adjacent to an activating group) is 1. The third-order valence-corrected chi connectivity index (χ3v) is 5.11. The van der Waals surface area contributed by atoms with Gasteiger partial charge in [0, 0.05) is 37.1 Å². The van der Waals surface area contributed by atoms with Crippen LogP contribution in [0.5, 0.6) is 0 Å². The Labute approximate surface area is 150 Å². The highest BCUT2D eigenvalue weighted by Crippen LogP contribution is 2.23. The first-order valence-electron chi connectivity index (χ1n) is 7.89. The summed E-state index contributed by atoms with van der Waals surface area (Å²) in [5, 5.41) is 10.6. The van der Waals surface area contributed by atoms with Crippen LogP contribution in [0.4, 0.5) is 5.69 Å². The molecule has 0 N–H and O–H groups in total. The molecule has 0 aliphatic carbocycles. The van der Waals surface area contributed by atoms with Crippen molar-refractivity contribution in [2.45, 2.75) is 25.9 Å². The van der Waals surface area contributed by atoms with Gasteiger partial charge < -0.3 is 9.80 Å². The highest BCUT2D eigenvalue weighted by atomic mass is 32.2. The van der Waals surface area contributed by atoms with Crippen LogP contribution in [-0.2, 0) is 9.59 Å². The van der Waals surface area contributed by atoms with Crippen LogP contribution < -0.4 is 0 Å². The van der Waals surface area contributed by atoms with Crippen molar-refractivity contribution in [2.24, 2.45) is 0 Å². The van der Waals surface area contributed by atoms with Crippen molar-refractivity contribution in [3.05, 3.63) is 46.0 Å². The van der Waals surface area contributed by atoms with Crippen molar-refractivity contribution < 1.29 is 14.5 Å². The minimum Gasteiger partial charge on any atom is -0.342 e. The first kappa shape index (κ1) is 19.0. The van der Waals surface area contributed by atoms with Gasteiger partial charge in [-0.05, 0) is 37.6 Å². The van der Waals surface area contributed by atoms with Crippen LogP contribution in [0.15, 0.2) is 30.3 Å². The molecule has 1 aromatic rings. The molecule has 1 aliphatic heterocycles. The number of thioether (sulfide) groups is 1. The maximum absolute atomic E-state index is 12.5. The Morgan fingerprint density at radius 1 is 1.36 bits per heavy atom. The summed E-state index contributed by atoms with van der Waals surface area (Å²) in [4.78, 5) is 38.3. The standard InChI is InChI=1S/C17H21N3O4S/c1-12(2)18(3)17(22)15-10-25-11-19(15)16(21)9-6-13-4-7-14(8-5-13)20(23)24/h4-9,12,15H,10-11H2,1-3H3. The molecule has 1 saturated heterocycles. The average molecular weight is 363 g/mol. The molecule has 1 atom stereocenters. The van der Waals surface area contributed by atoms with E-state index in [0.717, 1.165) is 0 Å². The largest absolute Gasteiger partial charge is 0.342 e. The van der Waals surface area contributed by atoms with Crippen molar-refractivity contribution in [1.29, 1.82) is 0 Å². The number of carbonyl (C=O) groups excluding carboxylic acids is 2. The Balaban J connectivity index is 2.06. The predicted octanol–water partition coefficient (Wildman–Crippen LogP) is 2.38.